The van der Waals surface area contributed by atoms with Crippen molar-refractivity contribution < 1.29 is 4.79 Å². The molecule has 1 amide bonds. The maximum atomic E-state index is 12.8. The van der Waals surface area contributed by atoms with Crippen LogP contribution in [0.1, 0.15) is 57.6 Å². The van der Waals surface area contributed by atoms with Gasteiger partial charge in [-0.15, -0.1) is 0 Å². The molecule has 2 aromatic heterocycles. The Labute approximate surface area is 159 Å². The van der Waals surface area contributed by atoms with E-state index in [2.05, 4.69) is 15.5 Å². The van der Waals surface area contributed by atoms with Gasteiger partial charge in [-0.1, -0.05) is 0 Å². The molecule has 0 bridgehead atoms. The van der Waals surface area contributed by atoms with Crippen molar-refractivity contribution in [3.05, 3.63) is 64.2 Å². The maximum Gasteiger partial charge on any atom is 0.251 e. The summed E-state index contributed by atoms with van der Waals surface area (Å²) in [5, 5.41) is 12.2. The van der Waals surface area contributed by atoms with E-state index in [0.717, 1.165) is 42.0 Å². The molecule has 1 N–H and O–H groups in total. The molecule has 0 fully saturated rings. The Morgan fingerprint density at radius 2 is 1.89 bits per heavy atom. The van der Waals surface area contributed by atoms with E-state index in [4.69, 9.17) is 0 Å². The van der Waals surface area contributed by atoms with Gasteiger partial charge >= 0.3 is 0 Å². The van der Waals surface area contributed by atoms with Crippen LogP contribution in [0, 0.1) is 20.8 Å². The van der Waals surface area contributed by atoms with E-state index >= 15 is 0 Å². The zero-order chi connectivity index (χ0) is 19.1. The molecule has 6 nitrogen and oxygen atoms in total. The highest BCUT2D eigenvalue weighted by molar-refractivity contribution is 5.94. The predicted molar refractivity (Wildman–Crippen MR) is 104 cm³/mol. The van der Waals surface area contributed by atoms with Crippen molar-refractivity contribution in [1.29, 1.82) is 0 Å². The highest BCUT2D eigenvalue weighted by Gasteiger charge is 2.27. The van der Waals surface area contributed by atoms with Crippen molar-refractivity contribution in [1.82, 2.24) is 24.9 Å². The number of aryl methyl sites for hydroxylation is 4. The normalized spacial score (nSPS) is 16.2. The minimum absolute atomic E-state index is 0.0330. The van der Waals surface area contributed by atoms with Crippen molar-refractivity contribution in [3.8, 4) is 5.69 Å². The van der Waals surface area contributed by atoms with Crippen LogP contribution in [-0.4, -0.2) is 25.5 Å². The van der Waals surface area contributed by atoms with Crippen LogP contribution in [0.15, 0.2) is 30.3 Å². The summed E-state index contributed by atoms with van der Waals surface area (Å²) >= 11 is 0. The largest absolute Gasteiger partial charge is 0.345 e. The summed E-state index contributed by atoms with van der Waals surface area (Å²) in [5.41, 5.74) is 7.12. The zero-order valence-corrected chi connectivity index (χ0v) is 16.3. The van der Waals surface area contributed by atoms with Crippen LogP contribution < -0.4 is 5.32 Å². The van der Waals surface area contributed by atoms with E-state index in [1.165, 1.54) is 11.3 Å². The second-order valence-electron chi connectivity index (χ2n) is 7.37. The zero-order valence-electron chi connectivity index (χ0n) is 16.3. The maximum absolute atomic E-state index is 12.8. The van der Waals surface area contributed by atoms with Crippen LogP contribution in [0.25, 0.3) is 5.69 Å². The van der Waals surface area contributed by atoms with Gasteiger partial charge in [0.1, 0.15) is 0 Å². The standard InChI is InChI=1S/C21H25N5O/c1-13-12-14(2)26(23-13)17-10-8-16(9-11-17)21(27)22-18-6-5-7-19-20(18)15(3)24-25(19)4/h8-12,18H,5-7H2,1-4H3,(H,22,27). The van der Waals surface area contributed by atoms with E-state index in [-0.39, 0.29) is 11.9 Å². The lowest BCUT2D eigenvalue weighted by Crippen LogP contribution is -2.31. The van der Waals surface area contributed by atoms with Crippen molar-refractivity contribution in [2.75, 3.05) is 0 Å². The minimum Gasteiger partial charge on any atom is -0.345 e. The summed E-state index contributed by atoms with van der Waals surface area (Å²) in [5.74, 6) is -0.0454. The molecular weight excluding hydrogens is 338 g/mol. The quantitative estimate of drug-likeness (QED) is 0.776. The molecule has 0 saturated heterocycles. The molecular formula is C21H25N5O. The number of hydrogen-bond acceptors (Lipinski definition) is 3. The summed E-state index contributed by atoms with van der Waals surface area (Å²) in [4.78, 5) is 12.8. The monoisotopic (exact) mass is 363 g/mol. The number of rotatable bonds is 3. The average molecular weight is 363 g/mol. The first kappa shape index (κ1) is 17.5. The molecule has 3 aromatic rings. The first-order valence-electron chi connectivity index (χ1n) is 9.41. The number of benzene rings is 1. The molecule has 1 aromatic carbocycles. The molecule has 0 saturated carbocycles. The van der Waals surface area contributed by atoms with Crippen molar-refractivity contribution in [2.24, 2.45) is 7.05 Å². The van der Waals surface area contributed by atoms with Gasteiger partial charge in [-0.2, -0.15) is 10.2 Å². The van der Waals surface area contributed by atoms with Gasteiger partial charge in [0.05, 0.1) is 23.1 Å². The molecule has 140 valence electrons. The van der Waals surface area contributed by atoms with Gasteiger partial charge < -0.3 is 5.32 Å². The molecule has 1 aliphatic carbocycles. The highest BCUT2D eigenvalue weighted by Crippen LogP contribution is 2.32. The summed E-state index contributed by atoms with van der Waals surface area (Å²) in [7, 11) is 1.98. The molecule has 4 rings (SSSR count). The van der Waals surface area contributed by atoms with E-state index in [1.807, 2.05) is 67.5 Å². The van der Waals surface area contributed by atoms with Gasteiger partial charge in [0, 0.05) is 29.6 Å². The molecule has 27 heavy (non-hydrogen) atoms. The number of amides is 1. The fourth-order valence-corrected chi connectivity index (χ4v) is 4.12. The predicted octanol–water partition coefficient (Wildman–Crippen LogP) is 3.34. The Hall–Kier alpha value is -2.89. The summed E-state index contributed by atoms with van der Waals surface area (Å²) < 4.78 is 3.84. The number of hydrogen-bond donors (Lipinski definition) is 1. The van der Waals surface area contributed by atoms with Crippen LogP contribution in [0.3, 0.4) is 0 Å². The lowest BCUT2D eigenvalue weighted by molar-refractivity contribution is 0.0932. The van der Waals surface area contributed by atoms with Gasteiger partial charge in [0.2, 0.25) is 0 Å². The smallest absolute Gasteiger partial charge is 0.251 e. The Morgan fingerprint density at radius 3 is 2.56 bits per heavy atom. The van der Waals surface area contributed by atoms with Crippen LogP contribution in [-0.2, 0) is 13.5 Å². The third kappa shape index (κ3) is 3.16. The third-order valence-electron chi connectivity index (χ3n) is 5.34. The van der Waals surface area contributed by atoms with Crippen molar-refractivity contribution in [3.63, 3.8) is 0 Å². The van der Waals surface area contributed by atoms with Gasteiger partial charge in [0.15, 0.2) is 0 Å². The Morgan fingerprint density at radius 1 is 1.15 bits per heavy atom. The summed E-state index contributed by atoms with van der Waals surface area (Å²) in [6, 6.07) is 9.68. The van der Waals surface area contributed by atoms with E-state index < -0.39 is 0 Å². The molecule has 0 spiro atoms. The number of carbonyl (C=O) groups excluding carboxylic acids is 1. The number of fused-ring (bicyclic) bond motifs is 1. The molecule has 1 aliphatic rings. The van der Waals surface area contributed by atoms with Crippen LogP contribution >= 0.6 is 0 Å². The van der Waals surface area contributed by atoms with Crippen LogP contribution in [0.2, 0.25) is 0 Å². The van der Waals surface area contributed by atoms with Gasteiger partial charge in [0.25, 0.3) is 5.91 Å². The van der Waals surface area contributed by atoms with Gasteiger partial charge in [-0.05, 0) is 70.4 Å². The van der Waals surface area contributed by atoms with Crippen LogP contribution in [0.5, 0.6) is 0 Å². The fourth-order valence-electron chi connectivity index (χ4n) is 4.12. The molecule has 1 unspecified atom stereocenters. The van der Waals surface area contributed by atoms with E-state index in [1.54, 1.807) is 0 Å². The number of nitrogens with one attached hydrogen (secondary N) is 1. The van der Waals surface area contributed by atoms with E-state index in [0.29, 0.717) is 5.56 Å². The highest BCUT2D eigenvalue weighted by atomic mass is 16.1. The average Bonchev–Trinajstić information content (AvgIpc) is 3.14. The van der Waals surface area contributed by atoms with Crippen LogP contribution in [0.4, 0.5) is 0 Å². The topological polar surface area (TPSA) is 64.7 Å². The number of carbonyl (C=O) groups is 1. The lowest BCUT2D eigenvalue weighted by Gasteiger charge is -2.24. The molecule has 6 heteroatoms. The molecule has 1 atom stereocenters. The Balaban J connectivity index is 1.54. The molecule has 0 aliphatic heterocycles. The Bertz CT molecular complexity index is 997. The van der Waals surface area contributed by atoms with Crippen molar-refractivity contribution in [2.45, 2.75) is 46.1 Å². The first-order valence-corrected chi connectivity index (χ1v) is 9.41. The number of aromatic nitrogens is 4. The molecule has 0 radical (unpaired) electrons. The van der Waals surface area contributed by atoms with Gasteiger partial charge in [-0.25, -0.2) is 4.68 Å². The van der Waals surface area contributed by atoms with E-state index in [9.17, 15) is 4.79 Å². The van der Waals surface area contributed by atoms with Gasteiger partial charge in [-0.3, -0.25) is 9.48 Å². The number of nitrogens with zero attached hydrogens (tertiary/aromatic N) is 4. The summed E-state index contributed by atoms with van der Waals surface area (Å²) in [6.45, 7) is 6.02. The summed E-state index contributed by atoms with van der Waals surface area (Å²) in [6.07, 6.45) is 3.04. The second-order valence-corrected chi connectivity index (χ2v) is 7.37. The molecule has 2 heterocycles. The Kier molecular flexibility index (Phi) is 4.34. The SMILES string of the molecule is Cc1cc(C)n(-c2ccc(C(=O)NC3CCCc4c3c(C)nn4C)cc2)n1. The minimum atomic E-state index is -0.0454. The fraction of sp³-hybridized carbons (Fsp3) is 0.381. The second kappa shape index (κ2) is 6.68. The van der Waals surface area contributed by atoms with Crippen molar-refractivity contribution >= 4 is 5.91 Å². The third-order valence-corrected chi connectivity index (χ3v) is 5.34. The lowest BCUT2D eigenvalue weighted by atomic mass is 9.90. The first-order chi connectivity index (χ1) is 12.9.